The van der Waals surface area contributed by atoms with Gasteiger partial charge in [0.05, 0.1) is 6.54 Å². The molecule has 1 saturated heterocycles. The van der Waals surface area contributed by atoms with Crippen molar-refractivity contribution in [2.45, 2.75) is 77.4 Å². The maximum absolute atomic E-state index is 12.7. The molecule has 1 aromatic heterocycles. The lowest BCUT2D eigenvalue weighted by Gasteiger charge is -2.30. The second-order valence-corrected chi connectivity index (χ2v) is 9.06. The van der Waals surface area contributed by atoms with Crippen LogP contribution in [0.4, 0.5) is 0 Å². The van der Waals surface area contributed by atoms with Crippen LogP contribution in [0.2, 0.25) is 0 Å². The van der Waals surface area contributed by atoms with E-state index >= 15 is 0 Å². The Labute approximate surface area is 162 Å². The molecule has 1 aromatic rings. The zero-order valence-corrected chi connectivity index (χ0v) is 17.0. The molecular weight excluding hydrogens is 344 g/mol. The number of rotatable bonds is 4. The van der Waals surface area contributed by atoms with Crippen molar-refractivity contribution in [3.05, 3.63) is 11.7 Å². The lowest BCUT2D eigenvalue weighted by molar-refractivity contribution is -0.143. The fraction of sp³-hybridized carbons (Fsp3) is 0.850. The van der Waals surface area contributed by atoms with E-state index in [-0.39, 0.29) is 17.2 Å². The summed E-state index contributed by atoms with van der Waals surface area (Å²) in [7, 11) is 0. The van der Waals surface area contributed by atoms with Crippen molar-refractivity contribution in [2.24, 2.45) is 5.92 Å². The zero-order chi connectivity index (χ0) is 19.4. The molecule has 2 heterocycles. The molecular formula is C20H34N4O3. The SMILES string of the molecule is CC(C)(C)c1nc(CN2CCCN(C(=O)C(O)C3CCCCC3)CC2)no1. The molecule has 0 radical (unpaired) electrons. The predicted octanol–water partition coefficient (Wildman–Crippen LogP) is 2.34. The molecule has 1 saturated carbocycles. The zero-order valence-electron chi connectivity index (χ0n) is 17.0. The quantitative estimate of drug-likeness (QED) is 0.866. The monoisotopic (exact) mass is 378 g/mol. The Morgan fingerprint density at radius 1 is 1.15 bits per heavy atom. The van der Waals surface area contributed by atoms with Crippen LogP contribution in [0.1, 0.15) is 71.0 Å². The molecule has 0 spiro atoms. The molecule has 1 aliphatic carbocycles. The van der Waals surface area contributed by atoms with Gasteiger partial charge in [0.2, 0.25) is 5.89 Å². The van der Waals surface area contributed by atoms with E-state index in [0.29, 0.717) is 31.3 Å². The van der Waals surface area contributed by atoms with Crippen LogP contribution in [0.5, 0.6) is 0 Å². The third kappa shape index (κ3) is 5.29. The number of aliphatic hydroxyl groups is 1. The summed E-state index contributed by atoms with van der Waals surface area (Å²) in [5, 5.41) is 14.6. The first kappa shape index (κ1) is 20.3. The van der Waals surface area contributed by atoms with Gasteiger partial charge in [0.25, 0.3) is 5.91 Å². The number of aromatic nitrogens is 2. The minimum absolute atomic E-state index is 0.0849. The van der Waals surface area contributed by atoms with Crippen LogP contribution < -0.4 is 0 Å². The number of hydrogen-bond donors (Lipinski definition) is 1. The molecule has 1 amide bonds. The highest BCUT2D eigenvalue weighted by Crippen LogP contribution is 2.27. The number of carbonyl (C=O) groups is 1. The van der Waals surface area contributed by atoms with E-state index in [4.69, 9.17) is 4.52 Å². The number of aliphatic hydroxyl groups excluding tert-OH is 1. The van der Waals surface area contributed by atoms with Crippen molar-refractivity contribution in [3.8, 4) is 0 Å². The third-order valence-electron chi connectivity index (χ3n) is 5.72. The van der Waals surface area contributed by atoms with E-state index in [2.05, 4.69) is 35.8 Å². The van der Waals surface area contributed by atoms with Gasteiger partial charge >= 0.3 is 0 Å². The van der Waals surface area contributed by atoms with Crippen molar-refractivity contribution in [1.29, 1.82) is 0 Å². The van der Waals surface area contributed by atoms with Crippen molar-refractivity contribution < 1.29 is 14.4 Å². The predicted molar refractivity (Wildman–Crippen MR) is 102 cm³/mol. The number of carbonyl (C=O) groups excluding carboxylic acids is 1. The first-order valence-electron chi connectivity index (χ1n) is 10.4. The fourth-order valence-corrected chi connectivity index (χ4v) is 4.01. The van der Waals surface area contributed by atoms with Crippen molar-refractivity contribution in [1.82, 2.24) is 19.9 Å². The average molecular weight is 379 g/mol. The molecule has 152 valence electrons. The van der Waals surface area contributed by atoms with Gasteiger partial charge in [0.1, 0.15) is 6.10 Å². The van der Waals surface area contributed by atoms with E-state index in [1.54, 1.807) is 0 Å². The molecule has 27 heavy (non-hydrogen) atoms. The van der Waals surface area contributed by atoms with Gasteiger partial charge < -0.3 is 14.5 Å². The lowest BCUT2D eigenvalue weighted by Crippen LogP contribution is -2.44. The van der Waals surface area contributed by atoms with Gasteiger partial charge in [0, 0.05) is 31.6 Å². The minimum atomic E-state index is -0.830. The molecule has 1 unspecified atom stereocenters. The lowest BCUT2D eigenvalue weighted by atomic mass is 9.85. The summed E-state index contributed by atoms with van der Waals surface area (Å²) >= 11 is 0. The van der Waals surface area contributed by atoms with Crippen LogP contribution >= 0.6 is 0 Å². The van der Waals surface area contributed by atoms with Gasteiger partial charge in [-0.15, -0.1) is 0 Å². The Morgan fingerprint density at radius 3 is 2.56 bits per heavy atom. The Kier molecular flexibility index (Phi) is 6.52. The minimum Gasteiger partial charge on any atom is -0.383 e. The summed E-state index contributed by atoms with van der Waals surface area (Å²) in [4.78, 5) is 21.4. The van der Waals surface area contributed by atoms with Crippen molar-refractivity contribution in [2.75, 3.05) is 26.2 Å². The molecule has 3 rings (SSSR count). The maximum Gasteiger partial charge on any atom is 0.251 e. The van der Waals surface area contributed by atoms with Gasteiger partial charge in [0.15, 0.2) is 5.82 Å². The topological polar surface area (TPSA) is 82.7 Å². The van der Waals surface area contributed by atoms with Crippen LogP contribution in [0, 0.1) is 5.92 Å². The smallest absolute Gasteiger partial charge is 0.251 e. The molecule has 0 bridgehead atoms. The summed E-state index contributed by atoms with van der Waals surface area (Å²) in [6, 6.07) is 0. The summed E-state index contributed by atoms with van der Waals surface area (Å²) in [6.45, 7) is 9.80. The number of amides is 1. The van der Waals surface area contributed by atoms with Crippen LogP contribution in [-0.2, 0) is 16.8 Å². The summed E-state index contributed by atoms with van der Waals surface area (Å²) in [6.07, 6.45) is 5.50. The molecule has 2 aliphatic rings. The van der Waals surface area contributed by atoms with Gasteiger partial charge in [-0.3, -0.25) is 9.69 Å². The van der Waals surface area contributed by atoms with E-state index < -0.39 is 6.10 Å². The highest BCUT2D eigenvalue weighted by Gasteiger charge is 2.32. The van der Waals surface area contributed by atoms with Crippen molar-refractivity contribution in [3.63, 3.8) is 0 Å². The van der Waals surface area contributed by atoms with Crippen LogP contribution in [0.3, 0.4) is 0 Å². The summed E-state index contributed by atoms with van der Waals surface area (Å²) in [5.41, 5.74) is -0.150. The first-order chi connectivity index (χ1) is 12.8. The molecule has 2 fully saturated rings. The highest BCUT2D eigenvalue weighted by atomic mass is 16.5. The number of nitrogens with zero attached hydrogens (tertiary/aromatic N) is 4. The second-order valence-electron chi connectivity index (χ2n) is 9.06. The first-order valence-corrected chi connectivity index (χ1v) is 10.4. The summed E-state index contributed by atoms with van der Waals surface area (Å²) < 4.78 is 5.37. The molecule has 1 aliphatic heterocycles. The van der Waals surface area contributed by atoms with Crippen LogP contribution in [0.25, 0.3) is 0 Å². The van der Waals surface area contributed by atoms with Crippen LogP contribution in [-0.4, -0.2) is 63.2 Å². The standard InChI is InChI=1S/C20H34N4O3/c1-20(2,3)19-21-16(22-27-19)14-23-10-7-11-24(13-12-23)18(26)17(25)15-8-5-4-6-9-15/h15,17,25H,4-14H2,1-3H3. The van der Waals surface area contributed by atoms with Crippen LogP contribution in [0.15, 0.2) is 4.52 Å². The highest BCUT2D eigenvalue weighted by molar-refractivity contribution is 5.81. The van der Waals surface area contributed by atoms with E-state index in [1.165, 1.54) is 6.42 Å². The largest absolute Gasteiger partial charge is 0.383 e. The molecule has 7 heteroatoms. The van der Waals surface area contributed by atoms with Crippen molar-refractivity contribution >= 4 is 5.91 Å². The average Bonchev–Trinajstić information content (AvgIpc) is 3.00. The van der Waals surface area contributed by atoms with E-state index in [9.17, 15) is 9.90 Å². The van der Waals surface area contributed by atoms with Gasteiger partial charge in [-0.05, 0) is 25.2 Å². The van der Waals surface area contributed by atoms with Gasteiger partial charge in [-0.25, -0.2) is 0 Å². The number of hydrogen-bond acceptors (Lipinski definition) is 6. The maximum atomic E-state index is 12.7. The molecule has 1 atom stereocenters. The summed E-state index contributed by atoms with van der Waals surface area (Å²) in [5.74, 6) is 1.40. The Balaban J connectivity index is 1.52. The second kappa shape index (κ2) is 8.69. The van der Waals surface area contributed by atoms with E-state index in [0.717, 1.165) is 45.2 Å². The molecule has 1 N–H and O–H groups in total. The fourth-order valence-electron chi connectivity index (χ4n) is 4.01. The molecule has 7 nitrogen and oxygen atoms in total. The van der Waals surface area contributed by atoms with Gasteiger partial charge in [-0.1, -0.05) is 45.2 Å². The third-order valence-corrected chi connectivity index (χ3v) is 5.72. The van der Waals surface area contributed by atoms with Gasteiger partial charge in [-0.2, -0.15) is 4.98 Å². The Bertz CT molecular complexity index is 619. The van der Waals surface area contributed by atoms with E-state index in [1.807, 2.05) is 4.90 Å². The Hall–Kier alpha value is -1.47. The Morgan fingerprint density at radius 2 is 1.89 bits per heavy atom. The molecule has 0 aromatic carbocycles. The normalized spacial score (nSPS) is 21.9.